The number of nitrogens with one attached hydrogen (secondary N) is 1. The van der Waals surface area contributed by atoms with E-state index < -0.39 is 23.7 Å². The lowest BCUT2D eigenvalue weighted by Gasteiger charge is -2.13. The molecular weight excluding hydrogens is 458 g/mol. The van der Waals surface area contributed by atoms with Crippen LogP contribution in [0.15, 0.2) is 70.5 Å². The molecule has 2 aromatic carbocycles. The molecule has 4 rings (SSSR count). The van der Waals surface area contributed by atoms with Crippen molar-refractivity contribution in [1.82, 2.24) is 18.7 Å². The summed E-state index contributed by atoms with van der Waals surface area (Å²) in [7, 11) is 0. The van der Waals surface area contributed by atoms with Gasteiger partial charge >= 0.3 is 5.69 Å². The monoisotopic (exact) mass is 489 g/mol. The van der Waals surface area contributed by atoms with Crippen LogP contribution in [0, 0.1) is 5.92 Å². The van der Waals surface area contributed by atoms with Crippen molar-refractivity contribution in [3.8, 4) is 5.75 Å². The Hall–Kier alpha value is -4.14. The lowest BCUT2D eigenvalue weighted by Crippen LogP contribution is -2.43. The lowest BCUT2D eigenvalue weighted by molar-refractivity contribution is -0.116. The molecule has 0 unspecified atom stereocenters. The number of carbonyl (C=O) groups is 1. The Bertz CT molecular complexity index is 1450. The van der Waals surface area contributed by atoms with Crippen molar-refractivity contribution in [3.63, 3.8) is 0 Å². The number of anilines is 1. The second kappa shape index (κ2) is 11.1. The molecule has 36 heavy (non-hydrogen) atoms. The van der Waals surface area contributed by atoms with Gasteiger partial charge in [-0.05, 0) is 49.1 Å². The van der Waals surface area contributed by atoms with E-state index in [0.717, 1.165) is 16.6 Å². The van der Waals surface area contributed by atoms with E-state index in [1.54, 1.807) is 35.2 Å². The summed E-state index contributed by atoms with van der Waals surface area (Å²) in [4.78, 5) is 44.2. The van der Waals surface area contributed by atoms with Gasteiger partial charge in [-0.3, -0.25) is 14.2 Å². The number of hydrogen-bond donors (Lipinski definition) is 1. The Morgan fingerprint density at radius 1 is 1.03 bits per heavy atom. The summed E-state index contributed by atoms with van der Waals surface area (Å²) < 4.78 is 9.65. The van der Waals surface area contributed by atoms with Gasteiger partial charge in [-0.2, -0.15) is 0 Å². The smallest absolute Gasteiger partial charge is 0.333 e. The molecule has 4 aromatic rings. The van der Waals surface area contributed by atoms with Crippen molar-refractivity contribution in [3.05, 3.63) is 87.3 Å². The molecule has 0 aliphatic heterocycles. The lowest BCUT2D eigenvalue weighted by atomic mass is 10.1. The van der Waals surface area contributed by atoms with E-state index in [4.69, 9.17) is 4.74 Å². The predicted octanol–water partition coefficient (Wildman–Crippen LogP) is 3.49. The molecule has 188 valence electrons. The maximum Gasteiger partial charge on any atom is 0.333 e. The molecule has 1 N–H and O–H groups in total. The number of aromatic nitrogens is 4. The Labute approximate surface area is 209 Å². The van der Waals surface area contributed by atoms with E-state index in [9.17, 15) is 14.4 Å². The number of imidazole rings is 1. The van der Waals surface area contributed by atoms with Crippen LogP contribution in [0.2, 0.25) is 0 Å². The fourth-order valence-electron chi connectivity index (χ4n) is 4.00. The van der Waals surface area contributed by atoms with Crippen molar-refractivity contribution in [2.24, 2.45) is 5.92 Å². The van der Waals surface area contributed by atoms with Gasteiger partial charge in [0, 0.05) is 12.2 Å². The number of carbonyl (C=O) groups excluding carboxylic acids is 1. The van der Waals surface area contributed by atoms with E-state index in [1.165, 1.54) is 4.57 Å². The third-order valence-electron chi connectivity index (χ3n) is 5.87. The molecule has 0 fully saturated rings. The molecule has 2 heterocycles. The summed E-state index contributed by atoms with van der Waals surface area (Å²) >= 11 is 0. The largest absolute Gasteiger partial charge is 0.494 e. The summed E-state index contributed by atoms with van der Waals surface area (Å²) in [5.74, 6) is 0.646. The fraction of sp³-hybridized carbons (Fsp3) is 0.333. The Balaban J connectivity index is 1.71. The molecular formula is C27H31N5O4. The number of fused-ring (bicyclic) bond motifs is 1. The predicted molar refractivity (Wildman–Crippen MR) is 139 cm³/mol. The molecule has 2 aromatic heterocycles. The normalized spacial score (nSPS) is 11.2. The van der Waals surface area contributed by atoms with Gasteiger partial charge in [0.25, 0.3) is 5.56 Å². The van der Waals surface area contributed by atoms with Crippen molar-refractivity contribution in [2.75, 3.05) is 11.9 Å². The molecule has 9 nitrogen and oxygen atoms in total. The molecule has 1 amide bonds. The maximum atomic E-state index is 13.5. The van der Waals surface area contributed by atoms with E-state index in [2.05, 4.69) is 24.1 Å². The van der Waals surface area contributed by atoms with Crippen molar-refractivity contribution >= 4 is 22.8 Å². The van der Waals surface area contributed by atoms with Crippen LogP contribution in [-0.4, -0.2) is 31.2 Å². The number of rotatable bonds is 10. The summed E-state index contributed by atoms with van der Waals surface area (Å²) in [6, 6.07) is 16.4. The number of nitrogens with zero attached hydrogens (tertiary/aromatic N) is 4. The highest BCUT2D eigenvalue weighted by atomic mass is 16.5. The van der Waals surface area contributed by atoms with Gasteiger partial charge in [0.05, 0.1) is 19.5 Å². The molecule has 0 bridgehead atoms. The number of hydrogen-bond acceptors (Lipinski definition) is 5. The van der Waals surface area contributed by atoms with Crippen LogP contribution < -0.4 is 21.3 Å². The van der Waals surface area contributed by atoms with Crippen LogP contribution in [0.5, 0.6) is 5.75 Å². The summed E-state index contributed by atoms with van der Waals surface area (Å²) in [6.07, 6.45) is 2.45. The summed E-state index contributed by atoms with van der Waals surface area (Å²) in [5.41, 5.74) is 0.974. The standard InChI is InChI=1S/C27H31N5O4/c1-4-36-22-12-10-21(11-13-22)29-23(33)17-32-26(34)24-25(28-18-30(24)15-14-19(2)3)31(27(32)35)16-20-8-6-5-7-9-20/h5-13,18-19H,4,14-17H2,1-3H3,(H,29,33). The zero-order valence-electron chi connectivity index (χ0n) is 20.8. The zero-order valence-corrected chi connectivity index (χ0v) is 20.8. The van der Waals surface area contributed by atoms with Crippen molar-refractivity contribution in [2.45, 2.75) is 46.8 Å². The second-order valence-electron chi connectivity index (χ2n) is 9.04. The molecule has 0 saturated heterocycles. The average Bonchev–Trinajstić information content (AvgIpc) is 3.29. The molecule has 9 heteroatoms. The Morgan fingerprint density at radius 2 is 1.75 bits per heavy atom. The third-order valence-corrected chi connectivity index (χ3v) is 5.87. The third kappa shape index (κ3) is 5.56. The van der Waals surface area contributed by atoms with Crippen LogP contribution >= 0.6 is 0 Å². The topological polar surface area (TPSA) is 100 Å². The summed E-state index contributed by atoms with van der Waals surface area (Å²) in [6.45, 7) is 7.06. The van der Waals surface area contributed by atoms with Gasteiger partial charge in [-0.15, -0.1) is 0 Å². The van der Waals surface area contributed by atoms with Crippen molar-refractivity contribution < 1.29 is 9.53 Å². The van der Waals surface area contributed by atoms with Gasteiger partial charge < -0.3 is 14.6 Å². The first-order chi connectivity index (χ1) is 17.4. The minimum Gasteiger partial charge on any atom is -0.494 e. The van der Waals surface area contributed by atoms with E-state index in [0.29, 0.717) is 41.7 Å². The zero-order chi connectivity index (χ0) is 25.7. The molecule has 0 spiro atoms. The molecule has 0 aliphatic carbocycles. The van der Waals surface area contributed by atoms with Gasteiger partial charge in [0.15, 0.2) is 11.2 Å². The highest BCUT2D eigenvalue weighted by Crippen LogP contribution is 2.16. The van der Waals surface area contributed by atoms with Gasteiger partial charge in [0.1, 0.15) is 12.3 Å². The van der Waals surface area contributed by atoms with Crippen LogP contribution in [-0.2, 0) is 24.4 Å². The molecule has 0 radical (unpaired) electrons. The van der Waals surface area contributed by atoms with E-state index in [1.807, 2.05) is 37.3 Å². The maximum absolute atomic E-state index is 13.5. The van der Waals surface area contributed by atoms with Crippen LogP contribution in [0.1, 0.15) is 32.8 Å². The minimum atomic E-state index is -0.577. The Kier molecular flexibility index (Phi) is 7.68. The van der Waals surface area contributed by atoms with Crippen LogP contribution in [0.3, 0.4) is 0 Å². The van der Waals surface area contributed by atoms with Crippen molar-refractivity contribution in [1.29, 1.82) is 0 Å². The van der Waals surface area contributed by atoms with E-state index in [-0.39, 0.29) is 6.54 Å². The first-order valence-corrected chi connectivity index (χ1v) is 12.1. The first-order valence-electron chi connectivity index (χ1n) is 12.1. The fourth-order valence-corrected chi connectivity index (χ4v) is 4.00. The SMILES string of the molecule is CCOc1ccc(NC(=O)Cn2c(=O)c3c(ncn3CCC(C)C)n(Cc3ccccc3)c2=O)cc1. The van der Waals surface area contributed by atoms with Crippen LogP contribution in [0.4, 0.5) is 5.69 Å². The quantitative estimate of drug-likeness (QED) is 0.368. The molecule has 0 saturated carbocycles. The van der Waals surface area contributed by atoms with Gasteiger partial charge in [0.2, 0.25) is 5.91 Å². The molecule has 0 aliphatic rings. The van der Waals surface area contributed by atoms with Crippen LogP contribution in [0.25, 0.3) is 11.2 Å². The average molecular weight is 490 g/mol. The van der Waals surface area contributed by atoms with Gasteiger partial charge in [-0.1, -0.05) is 44.2 Å². The number of amides is 1. The number of aryl methyl sites for hydroxylation is 1. The van der Waals surface area contributed by atoms with Gasteiger partial charge in [-0.25, -0.2) is 14.3 Å². The first kappa shape index (κ1) is 25.0. The molecule has 0 atom stereocenters. The summed E-state index contributed by atoms with van der Waals surface area (Å²) in [5, 5.41) is 2.76. The Morgan fingerprint density at radius 3 is 2.42 bits per heavy atom. The highest BCUT2D eigenvalue weighted by Gasteiger charge is 2.20. The number of ether oxygens (including phenoxy) is 1. The highest BCUT2D eigenvalue weighted by molar-refractivity contribution is 5.90. The minimum absolute atomic E-state index is 0.234. The van der Waals surface area contributed by atoms with E-state index >= 15 is 0 Å². The second-order valence-corrected chi connectivity index (χ2v) is 9.04. The number of benzene rings is 2.